The first-order chi connectivity index (χ1) is 16.9. The second-order valence-corrected chi connectivity index (χ2v) is 7.53. The first-order valence-corrected chi connectivity index (χ1v) is 12.6. The lowest BCUT2D eigenvalue weighted by atomic mass is 10.0. The van der Waals surface area contributed by atoms with Crippen molar-refractivity contribution in [2.45, 2.75) is 74.1 Å². The number of rotatable bonds is 6. The molecule has 0 N–H and O–H groups in total. The molecule has 2 heterocycles. The summed E-state index contributed by atoms with van der Waals surface area (Å²) in [6.45, 7) is 18.4. The molecule has 0 bridgehead atoms. The molecule has 0 aliphatic rings. The minimum atomic E-state index is -0.513. The van der Waals surface area contributed by atoms with E-state index in [4.69, 9.17) is 0 Å². The Morgan fingerprint density at radius 3 is 2.11 bits per heavy atom. The number of allylic oxidation sites excluding steroid dienone is 3. The van der Waals surface area contributed by atoms with E-state index in [1.165, 1.54) is 25.7 Å². The Morgan fingerprint density at radius 2 is 1.57 bits per heavy atom. The maximum atomic E-state index is 14.0. The lowest BCUT2D eigenvalue weighted by Crippen LogP contribution is -1.91. The van der Waals surface area contributed by atoms with Crippen molar-refractivity contribution in [2.75, 3.05) is 0 Å². The summed E-state index contributed by atoms with van der Waals surface area (Å²) in [6.07, 6.45) is 14.1. The highest BCUT2D eigenvalue weighted by Gasteiger charge is 2.10. The SMILES string of the molecule is C=C/C(=C\C)c1cncc(-c2ccnc(-c3cc(F)ccc3F)c2)c1.CC.CCC.CCCCC. The van der Waals surface area contributed by atoms with Gasteiger partial charge in [-0.3, -0.25) is 9.97 Å². The molecular weight excluding hydrogens is 438 g/mol. The van der Waals surface area contributed by atoms with Crippen molar-refractivity contribution in [2.24, 2.45) is 0 Å². The number of hydrogen-bond acceptors (Lipinski definition) is 2. The van der Waals surface area contributed by atoms with E-state index >= 15 is 0 Å². The van der Waals surface area contributed by atoms with Crippen molar-refractivity contribution in [1.29, 1.82) is 0 Å². The first-order valence-electron chi connectivity index (χ1n) is 12.6. The van der Waals surface area contributed by atoms with E-state index in [-0.39, 0.29) is 5.56 Å². The summed E-state index contributed by atoms with van der Waals surface area (Å²) >= 11 is 0. The topological polar surface area (TPSA) is 25.8 Å². The van der Waals surface area contributed by atoms with Crippen molar-refractivity contribution in [1.82, 2.24) is 9.97 Å². The summed E-state index contributed by atoms with van der Waals surface area (Å²) < 4.78 is 27.5. The second kappa shape index (κ2) is 19.2. The summed E-state index contributed by atoms with van der Waals surface area (Å²) in [5, 5.41) is 0. The lowest BCUT2D eigenvalue weighted by Gasteiger charge is -2.08. The van der Waals surface area contributed by atoms with E-state index in [1.54, 1.807) is 30.7 Å². The van der Waals surface area contributed by atoms with Crippen molar-refractivity contribution in [3.05, 3.63) is 90.9 Å². The van der Waals surface area contributed by atoms with Gasteiger partial charge in [-0.15, -0.1) is 0 Å². The predicted molar refractivity (Wildman–Crippen MR) is 149 cm³/mol. The van der Waals surface area contributed by atoms with E-state index < -0.39 is 11.6 Å². The van der Waals surface area contributed by atoms with Gasteiger partial charge in [0.05, 0.1) is 5.69 Å². The highest BCUT2D eigenvalue weighted by molar-refractivity contribution is 5.77. The molecule has 4 heteroatoms. The highest BCUT2D eigenvalue weighted by atomic mass is 19.1. The van der Waals surface area contributed by atoms with Crippen LogP contribution in [0.2, 0.25) is 0 Å². The number of hydrogen-bond donors (Lipinski definition) is 0. The molecule has 0 saturated carbocycles. The number of benzene rings is 1. The molecule has 0 spiro atoms. The van der Waals surface area contributed by atoms with Gasteiger partial charge in [-0.2, -0.15) is 0 Å². The third-order valence-electron chi connectivity index (χ3n) is 4.61. The van der Waals surface area contributed by atoms with Crippen LogP contribution in [0, 0.1) is 11.6 Å². The van der Waals surface area contributed by atoms with Crippen LogP contribution in [-0.2, 0) is 0 Å². The van der Waals surface area contributed by atoms with E-state index in [0.29, 0.717) is 5.69 Å². The summed E-state index contributed by atoms with van der Waals surface area (Å²) in [5.41, 5.74) is 4.09. The van der Waals surface area contributed by atoms with Crippen LogP contribution in [0.3, 0.4) is 0 Å². The van der Waals surface area contributed by atoms with Crippen LogP contribution >= 0.6 is 0 Å². The van der Waals surface area contributed by atoms with Gasteiger partial charge in [0, 0.05) is 35.3 Å². The van der Waals surface area contributed by atoms with Gasteiger partial charge in [0.25, 0.3) is 0 Å². The smallest absolute Gasteiger partial charge is 0.132 e. The zero-order chi connectivity index (χ0) is 26.6. The molecule has 0 amide bonds. The third kappa shape index (κ3) is 11.2. The van der Waals surface area contributed by atoms with E-state index in [2.05, 4.69) is 44.2 Å². The normalized spacial score (nSPS) is 10.0. The Balaban J connectivity index is 0.000000995. The Morgan fingerprint density at radius 1 is 0.914 bits per heavy atom. The fraction of sp³-hybridized carbons (Fsp3) is 0.355. The lowest BCUT2D eigenvalue weighted by molar-refractivity contribution is 0.602. The monoisotopic (exact) mass is 480 g/mol. The minimum Gasteiger partial charge on any atom is -0.263 e. The molecule has 1 aromatic carbocycles. The second-order valence-electron chi connectivity index (χ2n) is 7.53. The van der Waals surface area contributed by atoms with Gasteiger partial charge >= 0.3 is 0 Å². The number of nitrogens with zero attached hydrogens (tertiary/aromatic N) is 2. The van der Waals surface area contributed by atoms with Crippen LogP contribution in [0.5, 0.6) is 0 Å². The summed E-state index contributed by atoms with van der Waals surface area (Å²) in [5.74, 6) is -1.02. The Hall–Kier alpha value is -3.14. The molecule has 35 heavy (non-hydrogen) atoms. The quantitative estimate of drug-likeness (QED) is 0.328. The molecule has 3 rings (SSSR count). The van der Waals surface area contributed by atoms with E-state index in [0.717, 1.165) is 40.5 Å². The van der Waals surface area contributed by atoms with Gasteiger partial charge in [0.2, 0.25) is 0 Å². The number of halogens is 2. The zero-order valence-corrected chi connectivity index (χ0v) is 22.5. The fourth-order valence-corrected chi connectivity index (χ4v) is 2.96. The van der Waals surface area contributed by atoms with Crippen LogP contribution < -0.4 is 0 Å². The van der Waals surface area contributed by atoms with Gasteiger partial charge in [-0.1, -0.05) is 86.0 Å². The van der Waals surface area contributed by atoms with Crippen molar-refractivity contribution in [3.63, 3.8) is 0 Å². The Bertz CT molecular complexity index is 1020. The summed E-state index contributed by atoms with van der Waals surface area (Å²) in [6, 6.07) is 8.84. The molecule has 2 aromatic heterocycles. The van der Waals surface area contributed by atoms with Gasteiger partial charge < -0.3 is 0 Å². The molecule has 2 nitrogen and oxygen atoms in total. The molecule has 0 aliphatic heterocycles. The van der Waals surface area contributed by atoms with E-state index in [9.17, 15) is 8.78 Å². The van der Waals surface area contributed by atoms with E-state index in [1.807, 2.05) is 39.0 Å². The molecule has 0 unspecified atom stereocenters. The van der Waals surface area contributed by atoms with Crippen LogP contribution in [0.4, 0.5) is 8.78 Å². The average molecular weight is 481 g/mol. The number of aromatic nitrogens is 2. The van der Waals surface area contributed by atoms with Gasteiger partial charge in [-0.05, 0) is 54.5 Å². The molecule has 0 fully saturated rings. The minimum absolute atomic E-state index is 0.131. The van der Waals surface area contributed by atoms with Crippen LogP contribution in [0.1, 0.15) is 79.7 Å². The molecule has 0 aliphatic carbocycles. The number of unbranched alkanes of at least 4 members (excludes halogenated alkanes) is 2. The van der Waals surface area contributed by atoms with Crippen molar-refractivity contribution < 1.29 is 8.78 Å². The average Bonchev–Trinajstić information content (AvgIpc) is 2.89. The largest absolute Gasteiger partial charge is 0.263 e. The third-order valence-corrected chi connectivity index (χ3v) is 4.61. The van der Waals surface area contributed by atoms with Crippen molar-refractivity contribution in [3.8, 4) is 22.4 Å². The summed E-state index contributed by atoms with van der Waals surface area (Å²) in [4.78, 5) is 8.44. The molecule has 0 radical (unpaired) electrons. The zero-order valence-electron chi connectivity index (χ0n) is 22.5. The molecule has 0 saturated heterocycles. The highest BCUT2D eigenvalue weighted by Crippen LogP contribution is 2.28. The fourth-order valence-electron chi connectivity index (χ4n) is 2.96. The Labute approximate surface area is 211 Å². The molecular formula is C31H42F2N2. The molecule has 190 valence electrons. The maximum Gasteiger partial charge on any atom is 0.132 e. The van der Waals surface area contributed by atoms with Gasteiger partial charge in [0.15, 0.2) is 0 Å². The van der Waals surface area contributed by atoms with Gasteiger partial charge in [-0.25, -0.2) is 8.78 Å². The molecule has 3 aromatic rings. The van der Waals surface area contributed by atoms with Crippen LogP contribution in [-0.4, -0.2) is 9.97 Å². The summed E-state index contributed by atoms with van der Waals surface area (Å²) in [7, 11) is 0. The van der Waals surface area contributed by atoms with Crippen LogP contribution in [0.15, 0.2) is 73.7 Å². The van der Waals surface area contributed by atoms with Crippen molar-refractivity contribution >= 4 is 5.57 Å². The van der Waals surface area contributed by atoms with Crippen LogP contribution in [0.25, 0.3) is 28.0 Å². The number of pyridine rings is 2. The van der Waals surface area contributed by atoms with Gasteiger partial charge in [0.1, 0.15) is 11.6 Å². The Kier molecular flexibility index (Phi) is 17.5. The predicted octanol–water partition coefficient (Wildman–Crippen LogP) is 10.3. The standard InChI is InChI=1S/C21H16F2N2.C5H12.C3H8.C2H6/c1-3-14(4-2)16-9-17(13-24-12-16)15-7-8-25-21(10-15)19-11-18(22)5-6-20(19)23;1-3-5-4-2;1-3-2;1-2/h3-13H,1H2,2H3;3-5H2,1-2H3;3H2,1-2H3;1-2H3/b14-4+;;;. The first kappa shape index (κ1) is 31.9. The molecule has 0 atom stereocenters. The maximum absolute atomic E-state index is 14.0.